The summed E-state index contributed by atoms with van der Waals surface area (Å²) in [5, 5.41) is 8.44. The van der Waals surface area contributed by atoms with Crippen molar-refractivity contribution in [2.24, 2.45) is 5.92 Å². The van der Waals surface area contributed by atoms with Gasteiger partial charge in [0, 0.05) is 26.6 Å². The molecule has 0 amide bonds. The Kier molecular flexibility index (Phi) is 3.55. The molecule has 0 aromatic carbocycles. The number of methoxy groups -OCH3 is 1. The Morgan fingerprint density at radius 2 is 2.15 bits per heavy atom. The van der Waals surface area contributed by atoms with Gasteiger partial charge in [-0.3, -0.25) is 0 Å². The first-order chi connectivity index (χ1) is 9.50. The molecule has 0 unspecified atom stereocenters. The maximum absolute atomic E-state index is 11.9. The van der Waals surface area contributed by atoms with Crippen molar-refractivity contribution in [1.82, 2.24) is 19.3 Å². The zero-order valence-electron chi connectivity index (χ0n) is 11.8. The van der Waals surface area contributed by atoms with E-state index in [1.54, 1.807) is 7.11 Å². The maximum atomic E-state index is 11.9. The second kappa shape index (κ2) is 5.09. The number of fused-ring (bicyclic) bond motifs is 1. The first kappa shape index (κ1) is 14.0. The van der Waals surface area contributed by atoms with Gasteiger partial charge in [-0.2, -0.15) is 4.31 Å². The summed E-state index contributed by atoms with van der Waals surface area (Å²) in [7, 11) is -1.69. The Balaban J connectivity index is 1.92. The molecule has 0 radical (unpaired) electrons. The van der Waals surface area contributed by atoms with E-state index < -0.39 is 10.0 Å². The van der Waals surface area contributed by atoms with Crippen molar-refractivity contribution >= 4 is 10.0 Å². The predicted octanol–water partition coefficient (Wildman–Crippen LogP) is 0.193. The van der Waals surface area contributed by atoms with Crippen molar-refractivity contribution in [3.63, 3.8) is 0 Å². The van der Waals surface area contributed by atoms with Gasteiger partial charge in [-0.25, -0.2) is 13.1 Å². The molecule has 0 saturated heterocycles. The third kappa shape index (κ3) is 2.59. The van der Waals surface area contributed by atoms with Crippen LogP contribution in [0.5, 0.6) is 0 Å². The van der Waals surface area contributed by atoms with E-state index >= 15 is 0 Å². The molecular formula is C12H20N4O3S. The molecule has 20 heavy (non-hydrogen) atoms. The van der Waals surface area contributed by atoms with E-state index in [0.717, 1.165) is 23.9 Å². The highest BCUT2D eigenvalue weighted by atomic mass is 32.2. The zero-order chi connectivity index (χ0) is 14.3. The fourth-order valence-electron chi connectivity index (χ4n) is 2.78. The lowest BCUT2D eigenvalue weighted by Gasteiger charge is -2.32. The topological polar surface area (TPSA) is 77.3 Å². The van der Waals surface area contributed by atoms with Gasteiger partial charge in [-0.1, -0.05) is 5.21 Å². The molecule has 1 aromatic rings. The van der Waals surface area contributed by atoms with Crippen LogP contribution in [0.1, 0.15) is 30.3 Å². The molecule has 112 valence electrons. The molecular weight excluding hydrogens is 280 g/mol. The van der Waals surface area contributed by atoms with Gasteiger partial charge in [0.15, 0.2) is 0 Å². The Bertz CT molecular complexity index is 594. The molecule has 3 rings (SSSR count). The van der Waals surface area contributed by atoms with Crippen molar-refractivity contribution in [3.8, 4) is 0 Å². The Morgan fingerprint density at radius 1 is 1.40 bits per heavy atom. The molecule has 2 heterocycles. The lowest BCUT2D eigenvalue weighted by molar-refractivity contribution is 0.126. The van der Waals surface area contributed by atoms with Gasteiger partial charge in [0.1, 0.15) is 5.69 Å². The molecule has 0 spiro atoms. The molecule has 1 atom stereocenters. The first-order valence-electron chi connectivity index (χ1n) is 6.88. The highest BCUT2D eigenvalue weighted by Crippen LogP contribution is 2.34. The van der Waals surface area contributed by atoms with E-state index in [9.17, 15) is 8.42 Å². The Morgan fingerprint density at radius 3 is 2.75 bits per heavy atom. The molecule has 0 bridgehead atoms. The third-order valence-corrected chi connectivity index (χ3v) is 5.27. The lowest BCUT2D eigenvalue weighted by atomic mass is 10.1. The van der Waals surface area contributed by atoms with Gasteiger partial charge >= 0.3 is 0 Å². The smallest absolute Gasteiger partial charge is 0.211 e. The third-order valence-electron chi connectivity index (χ3n) is 3.98. The normalized spacial score (nSPS) is 23.8. The SMILES string of the molecule is COC[C@@H]1c2nnn(CC3CC3)c2CCN1S(C)(=O)=O. The van der Waals surface area contributed by atoms with E-state index in [2.05, 4.69) is 10.3 Å². The summed E-state index contributed by atoms with van der Waals surface area (Å²) in [5.74, 6) is 0.717. The van der Waals surface area contributed by atoms with Crippen molar-refractivity contribution in [1.29, 1.82) is 0 Å². The molecule has 8 heteroatoms. The molecule has 2 aliphatic rings. The van der Waals surface area contributed by atoms with E-state index in [-0.39, 0.29) is 6.04 Å². The summed E-state index contributed by atoms with van der Waals surface area (Å²) in [6, 6.07) is -0.355. The van der Waals surface area contributed by atoms with Crippen LogP contribution in [0.15, 0.2) is 0 Å². The number of hydrogen-bond acceptors (Lipinski definition) is 5. The summed E-state index contributed by atoms with van der Waals surface area (Å²) >= 11 is 0. The molecule has 1 aromatic heterocycles. The lowest BCUT2D eigenvalue weighted by Crippen LogP contribution is -2.41. The molecule has 7 nitrogen and oxygen atoms in total. The van der Waals surface area contributed by atoms with Gasteiger partial charge < -0.3 is 4.74 Å². The second-order valence-corrected chi connectivity index (χ2v) is 7.58. The van der Waals surface area contributed by atoms with Crippen LogP contribution in [-0.4, -0.2) is 54.2 Å². The van der Waals surface area contributed by atoms with Gasteiger partial charge in [0.25, 0.3) is 0 Å². The minimum Gasteiger partial charge on any atom is -0.383 e. The number of ether oxygens (including phenoxy) is 1. The average Bonchev–Trinajstić information content (AvgIpc) is 3.09. The average molecular weight is 300 g/mol. The highest BCUT2D eigenvalue weighted by Gasteiger charge is 2.37. The fraction of sp³-hybridized carbons (Fsp3) is 0.833. The quantitative estimate of drug-likeness (QED) is 0.776. The number of aromatic nitrogens is 3. The summed E-state index contributed by atoms with van der Waals surface area (Å²) in [6.07, 6.45) is 4.41. The van der Waals surface area contributed by atoms with Gasteiger partial charge in [0.2, 0.25) is 10.0 Å². The summed E-state index contributed by atoms with van der Waals surface area (Å²) in [6.45, 7) is 1.68. The van der Waals surface area contributed by atoms with Crippen molar-refractivity contribution in [3.05, 3.63) is 11.4 Å². The van der Waals surface area contributed by atoms with Crippen LogP contribution in [0, 0.1) is 5.92 Å². The number of nitrogens with zero attached hydrogens (tertiary/aromatic N) is 4. The number of sulfonamides is 1. The molecule has 1 aliphatic carbocycles. The monoisotopic (exact) mass is 300 g/mol. The van der Waals surface area contributed by atoms with Crippen molar-refractivity contribution in [2.45, 2.75) is 31.8 Å². The molecule has 0 N–H and O–H groups in total. The number of hydrogen-bond donors (Lipinski definition) is 0. The van der Waals surface area contributed by atoms with Crippen LogP contribution in [-0.2, 0) is 27.7 Å². The maximum Gasteiger partial charge on any atom is 0.211 e. The van der Waals surface area contributed by atoms with Gasteiger partial charge in [-0.15, -0.1) is 5.10 Å². The molecule has 1 aliphatic heterocycles. The number of rotatable bonds is 5. The molecule has 1 saturated carbocycles. The van der Waals surface area contributed by atoms with Crippen LogP contribution in [0.25, 0.3) is 0 Å². The van der Waals surface area contributed by atoms with Gasteiger partial charge in [-0.05, 0) is 18.8 Å². The van der Waals surface area contributed by atoms with Crippen molar-refractivity contribution < 1.29 is 13.2 Å². The standard InChI is InChI=1S/C12H20N4O3S/c1-19-8-11-12-10(5-6-16(11)20(2,17)18)15(14-13-12)7-9-3-4-9/h9,11H,3-8H2,1-2H3/t11-/m1/s1. The second-order valence-electron chi connectivity index (χ2n) is 5.64. The van der Waals surface area contributed by atoms with Crippen LogP contribution in [0.2, 0.25) is 0 Å². The first-order valence-corrected chi connectivity index (χ1v) is 8.73. The van der Waals surface area contributed by atoms with Crippen molar-refractivity contribution in [2.75, 3.05) is 26.5 Å². The predicted molar refractivity (Wildman–Crippen MR) is 72.6 cm³/mol. The summed E-state index contributed by atoms with van der Waals surface area (Å²) in [5.41, 5.74) is 1.82. The summed E-state index contributed by atoms with van der Waals surface area (Å²) < 4.78 is 32.4. The van der Waals surface area contributed by atoms with E-state index in [1.165, 1.54) is 23.4 Å². The molecule has 1 fully saturated rings. The zero-order valence-corrected chi connectivity index (χ0v) is 12.6. The Hall–Kier alpha value is -0.990. The Labute approximate surface area is 118 Å². The minimum absolute atomic E-state index is 0.308. The fourth-order valence-corrected chi connectivity index (χ4v) is 3.83. The van der Waals surface area contributed by atoms with Crippen LogP contribution in [0.4, 0.5) is 0 Å². The van der Waals surface area contributed by atoms with Crippen LogP contribution < -0.4 is 0 Å². The van der Waals surface area contributed by atoms with E-state index in [1.807, 2.05) is 4.68 Å². The van der Waals surface area contributed by atoms with Gasteiger partial charge in [0.05, 0.1) is 24.6 Å². The largest absolute Gasteiger partial charge is 0.383 e. The summed E-state index contributed by atoms with van der Waals surface area (Å²) in [4.78, 5) is 0. The highest BCUT2D eigenvalue weighted by molar-refractivity contribution is 7.88. The van der Waals surface area contributed by atoms with Crippen LogP contribution in [0.3, 0.4) is 0 Å². The van der Waals surface area contributed by atoms with Crippen LogP contribution >= 0.6 is 0 Å². The van der Waals surface area contributed by atoms with E-state index in [0.29, 0.717) is 19.6 Å². The van der Waals surface area contributed by atoms with E-state index in [4.69, 9.17) is 4.74 Å². The minimum atomic E-state index is -3.27.